The highest BCUT2D eigenvalue weighted by Gasteiger charge is 2.08. The molecule has 0 aliphatic carbocycles. The lowest BCUT2D eigenvalue weighted by atomic mass is 10.1. The first-order valence-electron chi connectivity index (χ1n) is 6.41. The maximum Gasteiger partial charge on any atom is 0.338 e. The number of amides is 1. The van der Waals surface area contributed by atoms with Crippen LogP contribution in [0.4, 0.5) is 0 Å². The molecule has 0 atom stereocenters. The zero-order valence-electron chi connectivity index (χ0n) is 11.3. The second-order valence-electron chi connectivity index (χ2n) is 4.24. The smallest absolute Gasteiger partial charge is 0.338 e. The highest BCUT2D eigenvalue weighted by molar-refractivity contribution is 5.95. The number of carbonyl (C=O) groups is 2. The summed E-state index contributed by atoms with van der Waals surface area (Å²) in [6.45, 7) is 0.417. The Morgan fingerprint density at radius 3 is 2.10 bits per heavy atom. The molecule has 0 heterocycles. The molecule has 0 saturated heterocycles. The van der Waals surface area contributed by atoms with Crippen molar-refractivity contribution in [2.45, 2.75) is 0 Å². The number of para-hydroxylation sites is 1. The van der Waals surface area contributed by atoms with Crippen molar-refractivity contribution in [3.05, 3.63) is 65.7 Å². The van der Waals surface area contributed by atoms with Gasteiger partial charge in [-0.15, -0.1) is 0 Å². The molecule has 5 heteroatoms. The van der Waals surface area contributed by atoms with Gasteiger partial charge in [0, 0.05) is 5.56 Å². The summed E-state index contributed by atoms with van der Waals surface area (Å²) in [5, 5.41) is 0. The predicted octanol–water partition coefficient (Wildman–Crippen LogP) is 2.02. The predicted molar refractivity (Wildman–Crippen MR) is 77.2 cm³/mol. The zero-order valence-corrected chi connectivity index (χ0v) is 11.3. The topological polar surface area (TPSA) is 78.6 Å². The molecule has 0 radical (unpaired) electrons. The molecule has 1 amide bonds. The van der Waals surface area contributed by atoms with E-state index in [2.05, 4.69) is 0 Å². The number of carbonyl (C=O) groups excluding carboxylic acids is 2. The summed E-state index contributed by atoms with van der Waals surface area (Å²) in [7, 11) is 0. The molecule has 0 bridgehead atoms. The molecule has 2 rings (SSSR count). The molecule has 0 unspecified atom stereocenters. The van der Waals surface area contributed by atoms with Crippen molar-refractivity contribution in [2.24, 2.45) is 5.73 Å². The molecule has 0 aliphatic heterocycles. The van der Waals surface area contributed by atoms with Gasteiger partial charge in [0.1, 0.15) is 19.0 Å². The number of benzene rings is 2. The minimum Gasteiger partial charge on any atom is -0.490 e. The number of esters is 1. The highest BCUT2D eigenvalue weighted by atomic mass is 16.6. The third-order valence-corrected chi connectivity index (χ3v) is 2.73. The van der Waals surface area contributed by atoms with Crippen LogP contribution in [0.25, 0.3) is 0 Å². The molecular weight excluding hydrogens is 270 g/mol. The fraction of sp³-hybridized carbons (Fsp3) is 0.125. The minimum absolute atomic E-state index is 0.144. The Balaban J connectivity index is 1.78. The Labute approximate surface area is 122 Å². The van der Waals surface area contributed by atoms with Gasteiger partial charge < -0.3 is 15.2 Å². The van der Waals surface area contributed by atoms with E-state index in [9.17, 15) is 9.59 Å². The van der Waals surface area contributed by atoms with Crippen LogP contribution in [-0.4, -0.2) is 25.1 Å². The number of hydrogen-bond acceptors (Lipinski definition) is 4. The summed E-state index contributed by atoms with van der Waals surface area (Å²) in [6.07, 6.45) is 0. The Morgan fingerprint density at radius 2 is 1.48 bits per heavy atom. The quantitative estimate of drug-likeness (QED) is 0.650. The van der Waals surface area contributed by atoms with E-state index in [1.807, 2.05) is 30.3 Å². The Hall–Kier alpha value is -2.82. The molecule has 21 heavy (non-hydrogen) atoms. The molecule has 0 spiro atoms. The standard InChI is InChI=1S/C16H15NO4/c17-15(18)12-6-8-13(9-7-12)16(19)21-11-10-20-14-4-2-1-3-5-14/h1-9H,10-11H2,(H2,17,18). The van der Waals surface area contributed by atoms with Crippen molar-refractivity contribution in [1.82, 2.24) is 0 Å². The molecular formula is C16H15NO4. The summed E-state index contributed by atoms with van der Waals surface area (Å²) >= 11 is 0. The van der Waals surface area contributed by atoms with Crippen molar-refractivity contribution in [2.75, 3.05) is 13.2 Å². The van der Waals surface area contributed by atoms with E-state index in [4.69, 9.17) is 15.2 Å². The molecule has 0 aromatic heterocycles. The average Bonchev–Trinajstić information content (AvgIpc) is 2.52. The zero-order chi connectivity index (χ0) is 15.1. The lowest BCUT2D eigenvalue weighted by Crippen LogP contribution is -2.13. The van der Waals surface area contributed by atoms with Gasteiger partial charge >= 0.3 is 5.97 Å². The molecule has 0 saturated carbocycles. The van der Waals surface area contributed by atoms with Crippen LogP contribution in [-0.2, 0) is 4.74 Å². The van der Waals surface area contributed by atoms with Gasteiger partial charge in [0.25, 0.3) is 0 Å². The first-order chi connectivity index (χ1) is 10.2. The summed E-state index contributed by atoms with van der Waals surface area (Å²) in [4.78, 5) is 22.7. The van der Waals surface area contributed by atoms with E-state index >= 15 is 0 Å². The van der Waals surface area contributed by atoms with Gasteiger partial charge in [-0.05, 0) is 36.4 Å². The van der Waals surface area contributed by atoms with Gasteiger partial charge in [-0.2, -0.15) is 0 Å². The Morgan fingerprint density at radius 1 is 0.857 bits per heavy atom. The number of hydrogen-bond donors (Lipinski definition) is 1. The number of rotatable bonds is 6. The SMILES string of the molecule is NC(=O)c1ccc(C(=O)OCCOc2ccccc2)cc1. The van der Waals surface area contributed by atoms with Crippen LogP contribution in [0.2, 0.25) is 0 Å². The van der Waals surface area contributed by atoms with Crippen LogP contribution < -0.4 is 10.5 Å². The molecule has 0 fully saturated rings. The second kappa shape index (κ2) is 7.09. The van der Waals surface area contributed by atoms with E-state index in [1.165, 1.54) is 24.3 Å². The largest absolute Gasteiger partial charge is 0.490 e. The van der Waals surface area contributed by atoms with Crippen LogP contribution >= 0.6 is 0 Å². The fourth-order valence-corrected chi connectivity index (χ4v) is 1.66. The number of primary amides is 1. The van der Waals surface area contributed by atoms with E-state index in [0.29, 0.717) is 11.1 Å². The highest BCUT2D eigenvalue weighted by Crippen LogP contribution is 2.08. The lowest BCUT2D eigenvalue weighted by molar-refractivity contribution is 0.0450. The van der Waals surface area contributed by atoms with Crippen molar-refractivity contribution < 1.29 is 19.1 Å². The molecule has 2 N–H and O–H groups in total. The monoisotopic (exact) mass is 285 g/mol. The first kappa shape index (κ1) is 14.6. The maximum atomic E-state index is 11.7. The normalized spacial score (nSPS) is 9.90. The number of nitrogens with two attached hydrogens (primary N) is 1. The summed E-state index contributed by atoms with van der Waals surface area (Å²) < 4.78 is 10.5. The van der Waals surface area contributed by atoms with Gasteiger partial charge in [-0.1, -0.05) is 18.2 Å². The van der Waals surface area contributed by atoms with Crippen molar-refractivity contribution in [1.29, 1.82) is 0 Å². The molecule has 108 valence electrons. The summed E-state index contributed by atoms with van der Waals surface area (Å²) in [5.41, 5.74) is 5.83. The van der Waals surface area contributed by atoms with Gasteiger partial charge in [0.2, 0.25) is 5.91 Å². The van der Waals surface area contributed by atoms with Crippen LogP contribution in [0.15, 0.2) is 54.6 Å². The third-order valence-electron chi connectivity index (χ3n) is 2.73. The van der Waals surface area contributed by atoms with Crippen molar-refractivity contribution in [3.8, 4) is 5.75 Å². The summed E-state index contributed by atoms with van der Waals surface area (Å²) in [6, 6.07) is 15.2. The summed E-state index contributed by atoms with van der Waals surface area (Å²) in [5.74, 6) is -0.284. The van der Waals surface area contributed by atoms with E-state index < -0.39 is 11.9 Å². The van der Waals surface area contributed by atoms with E-state index in [0.717, 1.165) is 5.75 Å². The van der Waals surface area contributed by atoms with Crippen LogP contribution in [0.5, 0.6) is 5.75 Å². The molecule has 0 aliphatic rings. The van der Waals surface area contributed by atoms with Gasteiger partial charge in [0.05, 0.1) is 5.56 Å². The molecule has 2 aromatic rings. The minimum atomic E-state index is -0.536. The molecule has 2 aromatic carbocycles. The Bertz CT molecular complexity index is 608. The second-order valence-corrected chi connectivity index (χ2v) is 4.24. The van der Waals surface area contributed by atoms with Crippen LogP contribution in [0.3, 0.4) is 0 Å². The molecule has 5 nitrogen and oxygen atoms in total. The number of ether oxygens (including phenoxy) is 2. The van der Waals surface area contributed by atoms with Gasteiger partial charge in [0.15, 0.2) is 0 Å². The lowest BCUT2D eigenvalue weighted by Gasteiger charge is -2.07. The maximum absolute atomic E-state index is 11.7. The van der Waals surface area contributed by atoms with Crippen LogP contribution in [0, 0.1) is 0 Å². The third kappa shape index (κ3) is 4.35. The van der Waals surface area contributed by atoms with Gasteiger partial charge in [-0.25, -0.2) is 4.79 Å². The Kier molecular flexibility index (Phi) is 4.93. The first-order valence-corrected chi connectivity index (χ1v) is 6.41. The van der Waals surface area contributed by atoms with E-state index in [-0.39, 0.29) is 13.2 Å². The average molecular weight is 285 g/mol. The van der Waals surface area contributed by atoms with Crippen molar-refractivity contribution >= 4 is 11.9 Å². The van der Waals surface area contributed by atoms with Crippen molar-refractivity contribution in [3.63, 3.8) is 0 Å². The fourth-order valence-electron chi connectivity index (χ4n) is 1.66. The van der Waals surface area contributed by atoms with Crippen LogP contribution in [0.1, 0.15) is 20.7 Å². The van der Waals surface area contributed by atoms with Gasteiger partial charge in [-0.3, -0.25) is 4.79 Å². The van der Waals surface area contributed by atoms with E-state index in [1.54, 1.807) is 0 Å².